The van der Waals surface area contributed by atoms with E-state index < -0.39 is 16.7 Å². The van der Waals surface area contributed by atoms with Gasteiger partial charge in [0.05, 0.1) is 22.0 Å². The van der Waals surface area contributed by atoms with Gasteiger partial charge in [0, 0.05) is 25.7 Å². The number of nitrogens with zero attached hydrogens (tertiary/aromatic N) is 2. The molecular formula is C24H22ClFN4O4. The van der Waals surface area contributed by atoms with Crippen LogP contribution in [0.1, 0.15) is 23.2 Å². The first kappa shape index (κ1) is 22.4. The third kappa shape index (κ3) is 3.80. The molecule has 1 unspecified atom stereocenters. The molecule has 0 bridgehead atoms. The summed E-state index contributed by atoms with van der Waals surface area (Å²) >= 11 is 5.94. The Kier molecular flexibility index (Phi) is 5.75. The fourth-order valence-corrected chi connectivity index (χ4v) is 4.84. The first-order chi connectivity index (χ1) is 16.3. The third-order valence-electron chi connectivity index (χ3n) is 6.52. The molecule has 3 N–H and O–H groups in total. The van der Waals surface area contributed by atoms with Crippen molar-refractivity contribution in [3.05, 3.63) is 73.2 Å². The highest BCUT2D eigenvalue weighted by molar-refractivity contribution is 6.33. The van der Waals surface area contributed by atoms with E-state index in [0.717, 1.165) is 25.9 Å². The first-order valence-electron chi connectivity index (χ1n) is 11.0. The Balaban J connectivity index is 1.38. The van der Waals surface area contributed by atoms with Crippen LogP contribution >= 0.6 is 11.6 Å². The number of hydrogen-bond donors (Lipinski definition) is 3. The van der Waals surface area contributed by atoms with Crippen LogP contribution in [0.2, 0.25) is 5.02 Å². The predicted molar refractivity (Wildman–Crippen MR) is 128 cm³/mol. The van der Waals surface area contributed by atoms with Gasteiger partial charge in [-0.3, -0.25) is 19.3 Å². The Bertz CT molecular complexity index is 1350. The second-order valence-electron chi connectivity index (χ2n) is 8.54. The van der Waals surface area contributed by atoms with Crippen molar-refractivity contribution in [3.8, 4) is 5.75 Å². The molecule has 1 atom stereocenters. The number of nitrogens with one attached hydrogen (secondary N) is 2. The lowest BCUT2D eigenvalue weighted by Crippen LogP contribution is -2.52. The SMILES string of the molecule is O=C(c1cccc(Nc2c(Nc3cccc(F)c3Cl)c(=O)c2=O)c1O)N1CCN2CCCC2C1. The molecular weight excluding hydrogens is 463 g/mol. The lowest BCUT2D eigenvalue weighted by atomic mass is 10.1. The normalized spacial score (nSPS) is 18.2. The maximum atomic E-state index is 13.7. The van der Waals surface area contributed by atoms with Gasteiger partial charge in [-0.1, -0.05) is 23.7 Å². The van der Waals surface area contributed by atoms with Crippen LogP contribution in [0.5, 0.6) is 5.75 Å². The summed E-state index contributed by atoms with van der Waals surface area (Å²) in [6.07, 6.45) is 2.17. The lowest BCUT2D eigenvalue weighted by Gasteiger charge is -2.37. The molecule has 3 aromatic rings. The van der Waals surface area contributed by atoms with Crippen molar-refractivity contribution < 1.29 is 14.3 Å². The number of carbonyl (C=O) groups excluding carboxylic acids is 1. The summed E-state index contributed by atoms with van der Waals surface area (Å²) in [5.41, 5.74) is -1.48. The van der Waals surface area contributed by atoms with E-state index in [2.05, 4.69) is 15.5 Å². The largest absolute Gasteiger partial charge is 0.505 e. The minimum Gasteiger partial charge on any atom is -0.505 e. The van der Waals surface area contributed by atoms with Crippen molar-refractivity contribution in [2.45, 2.75) is 18.9 Å². The molecule has 3 aromatic carbocycles. The number of piperazine rings is 1. The van der Waals surface area contributed by atoms with E-state index in [-0.39, 0.29) is 45.0 Å². The molecule has 2 aliphatic heterocycles. The van der Waals surface area contributed by atoms with Gasteiger partial charge in [0.1, 0.15) is 17.2 Å². The van der Waals surface area contributed by atoms with Crippen LogP contribution in [0.15, 0.2) is 46.0 Å². The van der Waals surface area contributed by atoms with Gasteiger partial charge in [-0.05, 0) is 43.7 Å². The van der Waals surface area contributed by atoms with Gasteiger partial charge in [0.2, 0.25) is 0 Å². The van der Waals surface area contributed by atoms with E-state index >= 15 is 0 Å². The summed E-state index contributed by atoms with van der Waals surface area (Å²) in [7, 11) is 0. The zero-order chi connectivity index (χ0) is 24.0. The van der Waals surface area contributed by atoms with Crippen molar-refractivity contribution in [1.82, 2.24) is 9.80 Å². The van der Waals surface area contributed by atoms with Crippen LogP contribution in [0, 0.1) is 5.82 Å². The summed E-state index contributed by atoms with van der Waals surface area (Å²) in [5, 5.41) is 16.0. The monoisotopic (exact) mass is 484 g/mol. The minimum absolute atomic E-state index is 0.103. The molecule has 0 aromatic heterocycles. The molecule has 2 fully saturated rings. The number of aromatic hydroxyl groups is 1. The minimum atomic E-state index is -0.802. The van der Waals surface area contributed by atoms with Crippen molar-refractivity contribution in [3.63, 3.8) is 0 Å². The van der Waals surface area contributed by atoms with Crippen LogP contribution < -0.4 is 21.5 Å². The maximum Gasteiger partial charge on any atom is 0.257 e. The average molecular weight is 485 g/mol. The summed E-state index contributed by atoms with van der Waals surface area (Å²) in [5.74, 6) is -1.28. The van der Waals surface area contributed by atoms with E-state index in [1.807, 2.05) is 0 Å². The molecule has 0 radical (unpaired) electrons. The van der Waals surface area contributed by atoms with Crippen LogP contribution in [0.3, 0.4) is 0 Å². The Hall–Kier alpha value is -3.43. The number of hydrogen-bond acceptors (Lipinski definition) is 7. The Labute approximate surface area is 199 Å². The lowest BCUT2D eigenvalue weighted by molar-refractivity contribution is 0.0568. The third-order valence-corrected chi connectivity index (χ3v) is 6.91. The van der Waals surface area contributed by atoms with Gasteiger partial charge in [-0.15, -0.1) is 0 Å². The van der Waals surface area contributed by atoms with Gasteiger partial charge < -0.3 is 20.6 Å². The number of carbonyl (C=O) groups is 1. The summed E-state index contributed by atoms with van der Waals surface area (Å²) < 4.78 is 13.7. The summed E-state index contributed by atoms with van der Waals surface area (Å²) in [4.78, 5) is 41.6. The van der Waals surface area contributed by atoms with Gasteiger partial charge in [-0.2, -0.15) is 0 Å². The van der Waals surface area contributed by atoms with Crippen molar-refractivity contribution >= 4 is 40.3 Å². The molecule has 0 saturated carbocycles. The second-order valence-corrected chi connectivity index (χ2v) is 8.92. The quantitative estimate of drug-likeness (QED) is 0.377. The first-order valence-corrected chi connectivity index (χ1v) is 11.4. The standard InChI is InChI=1S/C24H22ClFN4O4/c25-18-15(26)6-2-7-16(18)27-19-20(23(33)22(19)32)28-17-8-1-5-14(21(17)31)24(34)30-11-10-29-9-3-4-13(29)12-30/h1-2,5-8,13,27-28,31H,3-4,9-12H2. The van der Waals surface area contributed by atoms with Gasteiger partial charge in [-0.25, -0.2) is 4.39 Å². The number of fused-ring (bicyclic) bond motifs is 1. The highest BCUT2D eigenvalue weighted by atomic mass is 35.5. The van der Waals surface area contributed by atoms with E-state index in [4.69, 9.17) is 11.6 Å². The Morgan fingerprint density at radius 2 is 1.68 bits per heavy atom. The van der Waals surface area contributed by atoms with E-state index in [1.165, 1.54) is 30.3 Å². The number of amides is 1. The molecule has 0 spiro atoms. The zero-order valence-corrected chi connectivity index (χ0v) is 18.9. The number of phenols is 1. The Morgan fingerprint density at radius 3 is 2.44 bits per heavy atom. The molecule has 8 nitrogen and oxygen atoms in total. The number of anilines is 4. The van der Waals surface area contributed by atoms with Crippen molar-refractivity contribution in [2.75, 3.05) is 36.8 Å². The fraction of sp³-hybridized carbons (Fsp3) is 0.292. The molecule has 2 heterocycles. The summed E-state index contributed by atoms with van der Waals surface area (Å²) in [6.45, 7) is 3.04. The van der Waals surface area contributed by atoms with Crippen LogP contribution in [-0.2, 0) is 0 Å². The molecule has 1 amide bonds. The van der Waals surface area contributed by atoms with Crippen LogP contribution in [0.25, 0.3) is 0 Å². The smallest absolute Gasteiger partial charge is 0.257 e. The number of para-hydroxylation sites is 1. The highest BCUT2D eigenvalue weighted by Crippen LogP contribution is 2.35. The number of halogens is 2. The molecule has 2 aliphatic rings. The zero-order valence-electron chi connectivity index (χ0n) is 18.1. The molecule has 2 saturated heterocycles. The second kappa shape index (κ2) is 8.73. The van der Waals surface area contributed by atoms with Crippen LogP contribution in [0.4, 0.5) is 27.1 Å². The van der Waals surface area contributed by atoms with E-state index in [9.17, 15) is 23.9 Å². The summed E-state index contributed by atoms with van der Waals surface area (Å²) in [6, 6.07) is 8.99. The van der Waals surface area contributed by atoms with Gasteiger partial charge >= 0.3 is 0 Å². The van der Waals surface area contributed by atoms with Crippen LogP contribution in [-0.4, -0.2) is 53.0 Å². The van der Waals surface area contributed by atoms with Gasteiger partial charge in [0.25, 0.3) is 16.8 Å². The van der Waals surface area contributed by atoms with E-state index in [0.29, 0.717) is 19.1 Å². The molecule has 34 heavy (non-hydrogen) atoms. The average Bonchev–Trinajstić information content (AvgIpc) is 3.32. The van der Waals surface area contributed by atoms with Crippen molar-refractivity contribution in [1.29, 1.82) is 0 Å². The highest BCUT2D eigenvalue weighted by Gasteiger charge is 2.34. The Morgan fingerprint density at radius 1 is 1.00 bits per heavy atom. The number of phenolic OH excluding ortho intramolecular Hbond substituents is 1. The number of benzene rings is 2. The molecule has 176 valence electrons. The molecule has 5 rings (SSSR count). The van der Waals surface area contributed by atoms with Gasteiger partial charge in [0.15, 0.2) is 5.75 Å². The predicted octanol–water partition coefficient (Wildman–Crippen LogP) is 3.19. The van der Waals surface area contributed by atoms with E-state index in [1.54, 1.807) is 11.0 Å². The van der Waals surface area contributed by atoms with Crippen molar-refractivity contribution in [2.24, 2.45) is 0 Å². The maximum absolute atomic E-state index is 13.7. The topological polar surface area (TPSA) is 102 Å². The fourth-order valence-electron chi connectivity index (χ4n) is 4.66. The number of rotatable bonds is 5. The molecule has 0 aliphatic carbocycles. The molecule has 10 heteroatoms.